The minimum atomic E-state index is -1.92. The second-order valence-corrected chi connectivity index (χ2v) is 19.2. The van der Waals surface area contributed by atoms with E-state index in [1.165, 1.54) is 38.5 Å². The number of carbonyl (C=O) groups excluding carboxylic acids is 3. The van der Waals surface area contributed by atoms with Crippen molar-refractivity contribution in [1.82, 2.24) is 0 Å². The summed E-state index contributed by atoms with van der Waals surface area (Å²) in [6.07, 6.45) is 49.9. The number of aliphatic carboxylic acids is 1. The van der Waals surface area contributed by atoms with E-state index < -0.39 is 67.3 Å². The molecular formula is C61H100O12. The monoisotopic (exact) mass is 1020 g/mol. The average molecular weight is 1030 g/mol. The number of carboxylic acids is 1. The van der Waals surface area contributed by atoms with Crippen molar-refractivity contribution < 1.29 is 58.2 Å². The molecule has 0 aromatic heterocycles. The number of hydrogen-bond donors (Lipinski definition) is 3. The Morgan fingerprint density at radius 2 is 0.890 bits per heavy atom. The molecule has 0 aromatic rings. The zero-order valence-electron chi connectivity index (χ0n) is 45.6. The van der Waals surface area contributed by atoms with Crippen molar-refractivity contribution in [3.8, 4) is 0 Å². The van der Waals surface area contributed by atoms with Crippen LogP contribution in [0.3, 0.4) is 0 Å². The maximum Gasteiger partial charge on any atom is 0.335 e. The van der Waals surface area contributed by atoms with Gasteiger partial charge in [-0.3, -0.25) is 14.4 Å². The number of rotatable bonds is 47. The molecule has 0 saturated carbocycles. The highest BCUT2D eigenvalue weighted by molar-refractivity contribution is 5.74. The predicted molar refractivity (Wildman–Crippen MR) is 294 cm³/mol. The van der Waals surface area contributed by atoms with Crippen LogP contribution in [0.2, 0.25) is 0 Å². The SMILES string of the molecule is CC/C=C\C/C=C\C/C=C\CCCCCC(=O)OC1C(OCC(COC(=O)CCCCCCCCC/C=C\C/C=C\CCCCC)OC(=O)CCCCCCC/C=C\C/C=C\CCC)OC(C(=O)O)C(O)C1O. The molecule has 1 heterocycles. The van der Waals surface area contributed by atoms with Crippen molar-refractivity contribution in [2.24, 2.45) is 0 Å². The van der Waals surface area contributed by atoms with Gasteiger partial charge in [0.15, 0.2) is 24.6 Å². The molecule has 0 aromatic carbocycles. The van der Waals surface area contributed by atoms with E-state index in [0.29, 0.717) is 19.3 Å². The normalized spacial score (nSPS) is 18.9. The number of carbonyl (C=O) groups is 4. The highest BCUT2D eigenvalue weighted by Crippen LogP contribution is 2.26. The molecule has 0 spiro atoms. The van der Waals surface area contributed by atoms with Gasteiger partial charge in [-0.2, -0.15) is 0 Å². The molecule has 12 nitrogen and oxygen atoms in total. The Morgan fingerprint density at radius 3 is 1.38 bits per heavy atom. The van der Waals surface area contributed by atoms with Gasteiger partial charge in [-0.25, -0.2) is 4.79 Å². The molecule has 1 saturated heterocycles. The van der Waals surface area contributed by atoms with Crippen molar-refractivity contribution >= 4 is 23.9 Å². The summed E-state index contributed by atoms with van der Waals surface area (Å²) in [5, 5.41) is 31.4. The van der Waals surface area contributed by atoms with Crippen LogP contribution in [0.5, 0.6) is 0 Å². The first kappa shape index (κ1) is 66.9. The summed E-state index contributed by atoms with van der Waals surface area (Å²) >= 11 is 0. The third-order valence-corrected chi connectivity index (χ3v) is 12.4. The van der Waals surface area contributed by atoms with E-state index in [4.69, 9.17) is 23.7 Å². The molecule has 3 N–H and O–H groups in total. The van der Waals surface area contributed by atoms with E-state index in [1.54, 1.807) is 0 Å². The quantitative estimate of drug-likeness (QED) is 0.0228. The molecule has 0 bridgehead atoms. The standard InChI is InChI=1S/C61H100O12/c1-4-7-10-13-16-19-22-25-26-27-28-31-32-35-38-41-44-47-53(62)69-50-52(71-54(63)48-45-42-39-36-33-29-23-20-17-14-11-8-5-2)51-70-61-59(57(66)56(65)58(73-61)60(67)68)72-55(64)49-46-43-40-37-34-30-24-21-18-15-12-9-6-3/h9,11-12,14,16,18-21,23,25-26,30,34,52,56-59,61,65-66H,4-8,10,13,15,17,22,24,27-29,31-33,35-51H2,1-3H3,(H,67,68)/b12-9-,14-11-,19-16-,21-18-,23-20-,26-25-,34-30-. The van der Waals surface area contributed by atoms with Gasteiger partial charge in [0.05, 0.1) is 6.61 Å². The summed E-state index contributed by atoms with van der Waals surface area (Å²) in [5.74, 6) is -3.19. The van der Waals surface area contributed by atoms with Crippen LogP contribution >= 0.6 is 0 Å². The lowest BCUT2D eigenvalue weighted by Crippen LogP contribution is -2.61. The predicted octanol–water partition coefficient (Wildman–Crippen LogP) is 14.3. The maximum atomic E-state index is 13.1. The van der Waals surface area contributed by atoms with Crippen LogP contribution in [-0.2, 0) is 42.9 Å². The Labute approximate surface area is 441 Å². The maximum absolute atomic E-state index is 13.1. The second-order valence-electron chi connectivity index (χ2n) is 19.2. The van der Waals surface area contributed by atoms with Gasteiger partial charge in [0, 0.05) is 19.3 Å². The van der Waals surface area contributed by atoms with Crippen LogP contribution in [0.1, 0.15) is 226 Å². The van der Waals surface area contributed by atoms with Crippen molar-refractivity contribution in [3.63, 3.8) is 0 Å². The number of hydrogen-bond acceptors (Lipinski definition) is 11. The highest BCUT2D eigenvalue weighted by atomic mass is 16.7. The van der Waals surface area contributed by atoms with E-state index in [0.717, 1.165) is 128 Å². The molecule has 1 rings (SSSR count). The summed E-state index contributed by atoms with van der Waals surface area (Å²) < 4.78 is 28.3. The zero-order chi connectivity index (χ0) is 53.3. The lowest BCUT2D eigenvalue weighted by molar-refractivity contribution is -0.301. The van der Waals surface area contributed by atoms with Crippen LogP contribution in [0.15, 0.2) is 85.1 Å². The van der Waals surface area contributed by atoms with E-state index in [9.17, 15) is 34.5 Å². The number of ether oxygens (including phenoxy) is 5. The first-order valence-corrected chi connectivity index (χ1v) is 28.6. The number of aliphatic hydroxyl groups is 2. The number of unbranched alkanes of at least 4 members (excludes halogenated alkanes) is 19. The molecular weight excluding hydrogens is 925 g/mol. The average Bonchev–Trinajstić information content (AvgIpc) is 3.37. The fraction of sp³-hybridized carbons (Fsp3) is 0.705. The van der Waals surface area contributed by atoms with Crippen LogP contribution in [0, 0.1) is 0 Å². The van der Waals surface area contributed by atoms with E-state index in [-0.39, 0.29) is 25.9 Å². The molecule has 6 unspecified atom stereocenters. The minimum Gasteiger partial charge on any atom is -0.479 e. The molecule has 0 radical (unpaired) electrons. The first-order valence-electron chi connectivity index (χ1n) is 28.6. The Morgan fingerprint density at radius 1 is 0.466 bits per heavy atom. The fourth-order valence-electron chi connectivity index (χ4n) is 8.04. The number of esters is 3. The molecule has 12 heteroatoms. The Balaban J connectivity index is 2.73. The van der Waals surface area contributed by atoms with Gasteiger partial charge in [0.2, 0.25) is 0 Å². The lowest BCUT2D eigenvalue weighted by Gasteiger charge is -2.40. The summed E-state index contributed by atoms with van der Waals surface area (Å²) in [6, 6.07) is 0. The fourth-order valence-corrected chi connectivity index (χ4v) is 8.04. The van der Waals surface area contributed by atoms with Crippen molar-refractivity contribution in [1.29, 1.82) is 0 Å². The van der Waals surface area contributed by atoms with Crippen LogP contribution in [0.4, 0.5) is 0 Å². The third kappa shape index (κ3) is 39.0. The number of allylic oxidation sites excluding steroid dienone is 14. The molecule has 6 atom stereocenters. The Bertz CT molecular complexity index is 1590. The van der Waals surface area contributed by atoms with Crippen molar-refractivity contribution in [2.45, 2.75) is 263 Å². The largest absolute Gasteiger partial charge is 0.479 e. The van der Waals surface area contributed by atoms with E-state index >= 15 is 0 Å². The summed E-state index contributed by atoms with van der Waals surface area (Å²) in [7, 11) is 0. The number of carboxylic acid groups (broad SMARTS) is 1. The Hall–Kier alpha value is -4.10. The van der Waals surface area contributed by atoms with Crippen molar-refractivity contribution in [2.75, 3.05) is 13.2 Å². The molecule has 0 aliphatic carbocycles. The summed E-state index contributed by atoms with van der Waals surface area (Å²) in [6.45, 7) is 5.74. The van der Waals surface area contributed by atoms with Crippen molar-refractivity contribution in [3.05, 3.63) is 85.1 Å². The van der Waals surface area contributed by atoms with Gasteiger partial charge in [-0.1, -0.05) is 183 Å². The second kappa shape index (κ2) is 48.8. The molecule has 416 valence electrons. The van der Waals surface area contributed by atoms with Gasteiger partial charge in [-0.15, -0.1) is 0 Å². The van der Waals surface area contributed by atoms with Gasteiger partial charge < -0.3 is 39.0 Å². The topological polar surface area (TPSA) is 175 Å². The van der Waals surface area contributed by atoms with Crippen LogP contribution in [-0.4, -0.2) is 89.2 Å². The minimum absolute atomic E-state index is 0.0198. The smallest absolute Gasteiger partial charge is 0.335 e. The van der Waals surface area contributed by atoms with Gasteiger partial charge in [-0.05, 0) is 109 Å². The molecule has 0 amide bonds. The van der Waals surface area contributed by atoms with Gasteiger partial charge in [0.25, 0.3) is 0 Å². The first-order chi connectivity index (χ1) is 35.6. The van der Waals surface area contributed by atoms with E-state index in [1.807, 2.05) is 0 Å². The molecule has 1 fully saturated rings. The van der Waals surface area contributed by atoms with Gasteiger partial charge in [0.1, 0.15) is 18.8 Å². The highest BCUT2D eigenvalue weighted by Gasteiger charge is 2.50. The van der Waals surface area contributed by atoms with Crippen LogP contribution < -0.4 is 0 Å². The number of aliphatic hydroxyl groups excluding tert-OH is 2. The van der Waals surface area contributed by atoms with Crippen LogP contribution in [0.25, 0.3) is 0 Å². The molecule has 1 aliphatic rings. The zero-order valence-corrected chi connectivity index (χ0v) is 45.6. The summed E-state index contributed by atoms with van der Waals surface area (Å²) in [5.41, 5.74) is 0. The Kier molecular flexibility index (Phi) is 44.7. The third-order valence-electron chi connectivity index (χ3n) is 12.4. The van der Waals surface area contributed by atoms with E-state index in [2.05, 4.69) is 106 Å². The lowest BCUT2D eigenvalue weighted by atomic mass is 9.98. The molecule has 1 aliphatic heterocycles. The summed E-state index contributed by atoms with van der Waals surface area (Å²) in [4.78, 5) is 51.0. The molecule has 73 heavy (non-hydrogen) atoms. The van der Waals surface area contributed by atoms with Gasteiger partial charge >= 0.3 is 23.9 Å².